The van der Waals surface area contributed by atoms with E-state index in [4.69, 9.17) is 5.11 Å². The summed E-state index contributed by atoms with van der Waals surface area (Å²) in [5.41, 5.74) is 1.08. The number of hydrogen-bond acceptors (Lipinski definition) is 2. The Morgan fingerprint density at radius 2 is 2.06 bits per heavy atom. The minimum atomic E-state index is -0.946. The number of hydrogen-bond donors (Lipinski definition) is 2. The molecule has 0 unspecified atom stereocenters. The van der Waals surface area contributed by atoms with E-state index in [0.717, 1.165) is 31.4 Å². The summed E-state index contributed by atoms with van der Waals surface area (Å²) in [4.78, 5) is 22.6. The Labute approximate surface area is 99.4 Å². The van der Waals surface area contributed by atoms with Crippen LogP contribution in [0.3, 0.4) is 0 Å². The van der Waals surface area contributed by atoms with E-state index in [1.807, 2.05) is 0 Å². The minimum Gasteiger partial charge on any atom is -0.481 e. The van der Waals surface area contributed by atoms with Gasteiger partial charge in [-0.05, 0) is 12.8 Å². The van der Waals surface area contributed by atoms with Crippen LogP contribution in [0.2, 0.25) is 0 Å². The lowest BCUT2D eigenvalue weighted by molar-refractivity contribution is -0.136. The molecule has 0 bridgehead atoms. The van der Waals surface area contributed by atoms with E-state index in [0.29, 0.717) is 11.5 Å². The van der Waals surface area contributed by atoms with Crippen molar-refractivity contribution in [2.75, 3.05) is 0 Å². The molecule has 0 aliphatic heterocycles. The van der Waals surface area contributed by atoms with Crippen LogP contribution >= 0.6 is 0 Å². The summed E-state index contributed by atoms with van der Waals surface area (Å²) in [5.74, 6) is -0.620. The van der Waals surface area contributed by atoms with Gasteiger partial charge in [0.1, 0.15) is 0 Å². The van der Waals surface area contributed by atoms with E-state index in [9.17, 15) is 9.59 Å². The number of nitrogens with zero attached hydrogens (tertiary/aromatic N) is 1. The molecular formula is C12H18N2O3. The zero-order valence-corrected chi connectivity index (χ0v) is 10.0. The van der Waals surface area contributed by atoms with Gasteiger partial charge in [-0.2, -0.15) is 0 Å². The molecule has 0 amide bonds. The van der Waals surface area contributed by atoms with Gasteiger partial charge in [-0.15, -0.1) is 0 Å². The van der Waals surface area contributed by atoms with Crippen molar-refractivity contribution in [3.05, 3.63) is 21.6 Å². The lowest BCUT2D eigenvalue weighted by Gasteiger charge is -2.21. The van der Waals surface area contributed by atoms with Crippen molar-refractivity contribution < 1.29 is 9.90 Å². The molecule has 1 fully saturated rings. The first kappa shape index (κ1) is 12.0. The molecular weight excluding hydrogens is 220 g/mol. The molecule has 2 N–H and O–H groups in total. The zero-order chi connectivity index (χ0) is 12.4. The second-order valence-electron chi connectivity index (χ2n) is 4.77. The fourth-order valence-corrected chi connectivity index (χ4v) is 2.67. The highest BCUT2D eigenvalue weighted by atomic mass is 16.4. The Hall–Kier alpha value is -1.52. The van der Waals surface area contributed by atoms with Crippen LogP contribution in [-0.2, 0) is 18.3 Å². The predicted molar refractivity (Wildman–Crippen MR) is 63.2 cm³/mol. The third-order valence-electron chi connectivity index (χ3n) is 3.52. The predicted octanol–water partition coefficient (Wildman–Crippen LogP) is 1.39. The number of aromatic nitrogens is 2. The number of aryl methyl sites for hydroxylation is 1. The SMILES string of the molecule is Cn1[nH]c(C2CCCCC2)c(CC(=O)O)c1=O. The van der Waals surface area contributed by atoms with E-state index < -0.39 is 5.97 Å². The van der Waals surface area contributed by atoms with Crippen molar-refractivity contribution in [3.8, 4) is 0 Å². The highest BCUT2D eigenvalue weighted by Crippen LogP contribution is 2.32. The van der Waals surface area contributed by atoms with Crippen LogP contribution in [0.25, 0.3) is 0 Å². The Morgan fingerprint density at radius 3 is 2.65 bits per heavy atom. The molecule has 0 spiro atoms. The molecule has 5 heteroatoms. The molecule has 1 aromatic heterocycles. The Bertz CT molecular complexity index is 467. The number of aliphatic carboxylic acids is 1. The second-order valence-corrected chi connectivity index (χ2v) is 4.77. The molecule has 2 rings (SSSR count). The number of carboxylic acids is 1. The third-order valence-corrected chi connectivity index (χ3v) is 3.52. The highest BCUT2D eigenvalue weighted by Gasteiger charge is 2.24. The van der Waals surface area contributed by atoms with Gasteiger partial charge in [0, 0.05) is 18.7 Å². The summed E-state index contributed by atoms with van der Waals surface area (Å²) in [6.07, 6.45) is 5.48. The van der Waals surface area contributed by atoms with Gasteiger partial charge >= 0.3 is 5.97 Å². The molecule has 17 heavy (non-hydrogen) atoms. The maximum absolute atomic E-state index is 11.8. The monoisotopic (exact) mass is 238 g/mol. The lowest BCUT2D eigenvalue weighted by atomic mass is 9.85. The molecule has 0 saturated heterocycles. The van der Waals surface area contributed by atoms with Crippen LogP contribution < -0.4 is 5.56 Å². The van der Waals surface area contributed by atoms with Gasteiger partial charge in [-0.1, -0.05) is 19.3 Å². The molecule has 0 atom stereocenters. The molecule has 0 radical (unpaired) electrons. The van der Waals surface area contributed by atoms with Gasteiger partial charge in [0.05, 0.1) is 12.0 Å². The maximum Gasteiger partial charge on any atom is 0.308 e. The molecule has 0 aromatic carbocycles. The lowest BCUT2D eigenvalue weighted by Crippen LogP contribution is -2.18. The van der Waals surface area contributed by atoms with Crippen LogP contribution in [0, 0.1) is 0 Å². The average Bonchev–Trinajstić information content (AvgIpc) is 2.58. The number of H-pyrrole nitrogens is 1. The first-order valence-electron chi connectivity index (χ1n) is 6.09. The van der Waals surface area contributed by atoms with E-state index in [1.54, 1.807) is 7.05 Å². The van der Waals surface area contributed by atoms with Crippen LogP contribution in [0.4, 0.5) is 0 Å². The summed E-state index contributed by atoms with van der Waals surface area (Å²) < 4.78 is 1.39. The first-order valence-corrected chi connectivity index (χ1v) is 6.09. The Morgan fingerprint density at radius 1 is 1.41 bits per heavy atom. The van der Waals surface area contributed by atoms with E-state index in [1.165, 1.54) is 11.1 Å². The molecule has 1 saturated carbocycles. The van der Waals surface area contributed by atoms with Crippen LogP contribution in [-0.4, -0.2) is 20.9 Å². The maximum atomic E-state index is 11.8. The van der Waals surface area contributed by atoms with E-state index in [2.05, 4.69) is 5.10 Å². The smallest absolute Gasteiger partial charge is 0.308 e. The summed E-state index contributed by atoms with van der Waals surface area (Å²) in [5, 5.41) is 11.9. The molecule has 1 aliphatic rings. The number of carbonyl (C=O) groups is 1. The average molecular weight is 238 g/mol. The quantitative estimate of drug-likeness (QED) is 0.835. The van der Waals surface area contributed by atoms with E-state index in [-0.39, 0.29) is 12.0 Å². The van der Waals surface area contributed by atoms with Gasteiger partial charge in [0.15, 0.2) is 0 Å². The fraction of sp³-hybridized carbons (Fsp3) is 0.667. The summed E-state index contributed by atoms with van der Waals surface area (Å²) >= 11 is 0. The van der Waals surface area contributed by atoms with Gasteiger partial charge in [0.2, 0.25) is 0 Å². The highest BCUT2D eigenvalue weighted by molar-refractivity contribution is 5.70. The Balaban J connectivity index is 2.34. The molecule has 94 valence electrons. The third kappa shape index (κ3) is 2.43. The summed E-state index contributed by atoms with van der Waals surface area (Å²) in [6.45, 7) is 0. The molecule has 1 aliphatic carbocycles. The zero-order valence-electron chi connectivity index (χ0n) is 10.0. The fourth-order valence-electron chi connectivity index (χ4n) is 2.67. The number of aromatic amines is 1. The second kappa shape index (κ2) is 4.77. The minimum absolute atomic E-state index is 0.179. The summed E-state index contributed by atoms with van der Waals surface area (Å²) in [6, 6.07) is 0. The van der Waals surface area contributed by atoms with Gasteiger partial charge in [0.25, 0.3) is 5.56 Å². The number of nitrogens with one attached hydrogen (secondary N) is 1. The standard InChI is InChI=1S/C12H18N2O3/c1-14-12(17)9(7-10(15)16)11(13-14)8-5-3-2-4-6-8/h8,13H,2-7H2,1H3,(H,15,16). The van der Waals surface area contributed by atoms with Crippen molar-refractivity contribution in [3.63, 3.8) is 0 Å². The molecule has 5 nitrogen and oxygen atoms in total. The van der Waals surface area contributed by atoms with Gasteiger partial charge in [-0.3, -0.25) is 19.4 Å². The number of carboxylic acid groups (broad SMARTS) is 1. The van der Waals surface area contributed by atoms with Crippen molar-refractivity contribution in [1.29, 1.82) is 0 Å². The van der Waals surface area contributed by atoms with Gasteiger partial charge < -0.3 is 5.11 Å². The normalized spacial score (nSPS) is 17.2. The van der Waals surface area contributed by atoms with Crippen LogP contribution in [0.5, 0.6) is 0 Å². The van der Waals surface area contributed by atoms with Gasteiger partial charge in [-0.25, -0.2) is 0 Å². The van der Waals surface area contributed by atoms with Crippen molar-refractivity contribution >= 4 is 5.97 Å². The van der Waals surface area contributed by atoms with E-state index >= 15 is 0 Å². The largest absolute Gasteiger partial charge is 0.481 e. The first-order chi connectivity index (χ1) is 8.09. The van der Waals surface area contributed by atoms with Crippen LogP contribution in [0.1, 0.15) is 49.3 Å². The van der Waals surface area contributed by atoms with Crippen LogP contribution in [0.15, 0.2) is 4.79 Å². The molecule has 1 aromatic rings. The topological polar surface area (TPSA) is 75.1 Å². The van der Waals surface area contributed by atoms with Crippen molar-refractivity contribution in [2.45, 2.75) is 44.4 Å². The number of rotatable bonds is 3. The summed E-state index contributed by atoms with van der Waals surface area (Å²) in [7, 11) is 1.64. The van der Waals surface area contributed by atoms with Crippen molar-refractivity contribution in [2.24, 2.45) is 7.05 Å². The molecule has 1 heterocycles. The Kier molecular flexibility index (Phi) is 3.36. The van der Waals surface area contributed by atoms with Crippen molar-refractivity contribution in [1.82, 2.24) is 9.78 Å².